The van der Waals surface area contributed by atoms with Gasteiger partial charge in [0.25, 0.3) is 11.6 Å². The summed E-state index contributed by atoms with van der Waals surface area (Å²) in [4.78, 5) is 35.2. The first-order valence-corrected chi connectivity index (χ1v) is 5.84. The number of benzene rings is 1. The van der Waals surface area contributed by atoms with Crippen LogP contribution in [0.5, 0.6) is 0 Å². The van der Waals surface area contributed by atoms with E-state index in [9.17, 15) is 19.7 Å². The minimum atomic E-state index is -0.641. The third-order valence-electron chi connectivity index (χ3n) is 2.92. The third-order valence-corrected chi connectivity index (χ3v) is 2.92. The summed E-state index contributed by atoms with van der Waals surface area (Å²) in [5.41, 5.74) is 2.29. The van der Waals surface area contributed by atoms with E-state index in [4.69, 9.17) is 5.84 Å². The largest absolute Gasteiger partial charge is 0.353 e. The average Bonchev–Trinajstić information content (AvgIpc) is 2.45. The summed E-state index contributed by atoms with van der Waals surface area (Å²) in [7, 11) is 0. The molecule has 2 rings (SSSR count). The van der Waals surface area contributed by atoms with Crippen molar-refractivity contribution in [3.8, 4) is 0 Å². The Bertz CT molecular complexity index is 574. The van der Waals surface area contributed by atoms with E-state index in [-0.39, 0.29) is 23.7 Å². The molecule has 9 heteroatoms. The Balaban J connectivity index is 2.36. The Morgan fingerprint density at radius 2 is 2.25 bits per heavy atom. The molecule has 0 aromatic heterocycles. The number of piperazine rings is 1. The number of nitrogens with zero attached hydrogens (tertiary/aromatic N) is 2. The molecule has 1 aromatic rings. The topological polar surface area (TPSA) is 131 Å². The highest BCUT2D eigenvalue weighted by molar-refractivity contribution is 6.01. The number of nitro groups is 1. The van der Waals surface area contributed by atoms with Crippen LogP contribution < -0.4 is 16.6 Å². The molecule has 0 aliphatic carbocycles. The van der Waals surface area contributed by atoms with E-state index >= 15 is 0 Å². The quantitative estimate of drug-likeness (QED) is 0.386. The van der Waals surface area contributed by atoms with Gasteiger partial charge < -0.3 is 15.6 Å². The Morgan fingerprint density at radius 3 is 2.85 bits per heavy atom. The van der Waals surface area contributed by atoms with Gasteiger partial charge in [-0.2, -0.15) is 0 Å². The SMILES string of the molecule is NNc1ccc([N+](=O)[O-])c(C(=O)N2CCNC(=O)C2)c1. The maximum atomic E-state index is 12.3. The first-order chi connectivity index (χ1) is 9.52. The van der Waals surface area contributed by atoms with Crippen molar-refractivity contribution in [3.63, 3.8) is 0 Å². The molecule has 0 bridgehead atoms. The molecule has 1 saturated heterocycles. The Kier molecular flexibility index (Phi) is 3.80. The van der Waals surface area contributed by atoms with Gasteiger partial charge in [-0.3, -0.25) is 25.5 Å². The third kappa shape index (κ3) is 2.67. The molecular weight excluding hydrogens is 266 g/mol. The van der Waals surface area contributed by atoms with Crippen molar-refractivity contribution >= 4 is 23.2 Å². The van der Waals surface area contributed by atoms with Crippen LogP contribution in [-0.2, 0) is 4.79 Å². The zero-order valence-corrected chi connectivity index (χ0v) is 10.5. The van der Waals surface area contributed by atoms with E-state index in [1.54, 1.807) is 0 Å². The van der Waals surface area contributed by atoms with Gasteiger partial charge in [0.2, 0.25) is 5.91 Å². The number of hydrogen-bond acceptors (Lipinski definition) is 6. The number of carbonyl (C=O) groups excluding carboxylic acids is 2. The fourth-order valence-electron chi connectivity index (χ4n) is 1.94. The number of amides is 2. The number of nitrogen functional groups attached to an aromatic ring is 1. The molecule has 1 heterocycles. The molecule has 0 unspecified atom stereocenters. The lowest BCUT2D eigenvalue weighted by molar-refractivity contribution is -0.385. The van der Waals surface area contributed by atoms with Crippen LogP contribution in [0.1, 0.15) is 10.4 Å². The number of rotatable bonds is 3. The molecule has 0 spiro atoms. The Hall–Kier alpha value is -2.68. The Morgan fingerprint density at radius 1 is 1.50 bits per heavy atom. The summed E-state index contributed by atoms with van der Waals surface area (Å²) < 4.78 is 0. The molecule has 4 N–H and O–H groups in total. The summed E-state index contributed by atoms with van der Waals surface area (Å²) in [5.74, 6) is 4.38. The van der Waals surface area contributed by atoms with Crippen LogP contribution in [0.2, 0.25) is 0 Å². The van der Waals surface area contributed by atoms with E-state index < -0.39 is 10.8 Å². The van der Waals surface area contributed by atoms with E-state index in [0.29, 0.717) is 18.8 Å². The maximum absolute atomic E-state index is 12.3. The van der Waals surface area contributed by atoms with Crippen LogP contribution in [0.3, 0.4) is 0 Å². The molecule has 0 saturated carbocycles. The van der Waals surface area contributed by atoms with Crippen molar-refractivity contribution in [1.29, 1.82) is 0 Å². The van der Waals surface area contributed by atoms with Gasteiger partial charge >= 0.3 is 0 Å². The smallest absolute Gasteiger partial charge is 0.282 e. The number of hydrogen-bond donors (Lipinski definition) is 3. The second kappa shape index (κ2) is 5.53. The molecule has 1 aromatic carbocycles. The number of carbonyl (C=O) groups is 2. The van der Waals surface area contributed by atoms with Crippen molar-refractivity contribution in [2.75, 3.05) is 25.1 Å². The van der Waals surface area contributed by atoms with Crippen LogP contribution in [0.15, 0.2) is 18.2 Å². The van der Waals surface area contributed by atoms with E-state index in [1.165, 1.54) is 23.1 Å². The van der Waals surface area contributed by atoms with Crippen LogP contribution in [-0.4, -0.2) is 41.3 Å². The van der Waals surface area contributed by atoms with Crippen LogP contribution >= 0.6 is 0 Å². The molecule has 0 atom stereocenters. The van der Waals surface area contributed by atoms with Gasteiger partial charge in [-0.15, -0.1) is 0 Å². The minimum Gasteiger partial charge on any atom is -0.353 e. The number of anilines is 1. The lowest BCUT2D eigenvalue weighted by atomic mass is 10.1. The van der Waals surface area contributed by atoms with E-state index in [0.717, 1.165) is 0 Å². The van der Waals surface area contributed by atoms with Gasteiger partial charge in [-0.1, -0.05) is 0 Å². The van der Waals surface area contributed by atoms with Crippen molar-refractivity contribution in [1.82, 2.24) is 10.2 Å². The summed E-state index contributed by atoms with van der Waals surface area (Å²) in [6.07, 6.45) is 0. The van der Waals surface area contributed by atoms with Gasteiger partial charge in [0.05, 0.1) is 11.5 Å². The van der Waals surface area contributed by atoms with Crippen molar-refractivity contribution in [3.05, 3.63) is 33.9 Å². The fraction of sp³-hybridized carbons (Fsp3) is 0.273. The fourth-order valence-corrected chi connectivity index (χ4v) is 1.94. The summed E-state index contributed by atoms with van der Waals surface area (Å²) >= 11 is 0. The van der Waals surface area contributed by atoms with Gasteiger partial charge in [0.15, 0.2) is 0 Å². The number of hydrazine groups is 1. The van der Waals surface area contributed by atoms with Crippen molar-refractivity contribution in [2.45, 2.75) is 0 Å². The molecule has 1 aliphatic heterocycles. The van der Waals surface area contributed by atoms with E-state index in [2.05, 4.69) is 10.7 Å². The highest BCUT2D eigenvalue weighted by Gasteiger charge is 2.28. The normalized spacial score (nSPS) is 14.7. The molecular formula is C11H13N5O4. The van der Waals surface area contributed by atoms with Gasteiger partial charge in [0.1, 0.15) is 5.56 Å². The Labute approximate surface area is 113 Å². The minimum absolute atomic E-state index is 0.0971. The monoisotopic (exact) mass is 279 g/mol. The second-order valence-electron chi connectivity index (χ2n) is 4.21. The standard InChI is InChI=1S/C11H13N5O4/c12-14-7-1-2-9(16(19)20)8(5-7)11(18)15-4-3-13-10(17)6-15/h1-2,5,14H,3-4,6,12H2,(H,13,17). The average molecular weight is 279 g/mol. The van der Waals surface area contributed by atoms with Crippen molar-refractivity contribution in [2.24, 2.45) is 5.84 Å². The molecule has 1 fully saturated rings. The van der Waals surface area contributed by atoms with Crippen LogP contribution in [0.25, 0.3) is 0 Å². The summed E-state index contributed by atoms with van der Waals surface area (Å²) in [5, 5.41) is 13.6. The van der Waals surface area contributed by atoms with Gasteiger partial charge in [0, 0.05) is 24.8 Å². The van der Waals surface area contributed by atoms with Gasteiger partial charge in [-0.05, 0) is 12.1 Å². The number of nitrogens with one attached hydrogen (secondary N) is 2. The predicted octanol–water partition coefficient (Wildman–Crippen LogP) is -0.548. The first-order valence-electron chi connectivity index (χ1n) is 5.84. The summed E-state index contributed by atoms with van der Waals surface area (Å²) in [6, 6.07) is 3.90. The molecule has 2 amide bonds. The highest BCUT2D eigenvalue weighted by Crippen LogP contribution is 2.24. The highest BCUT2D eigenvalue weighted by atomic mass is 16.6. The zero-order chi connectivity index (χ0) is 14.7. The molecule has 20 heavy (non-hydrogen) atoms. The zero-order valence-electron chi connectivity index (χ0n) is 10.5. The summed E-state index contributed by atoms with van der Waals surface area (Å²) in [6.45, 7) is 0.519. The van der Waals surface area contributed by atoms with Crippen molar-refractivity contribution < 1.29 is 14.5 Å². The molecule has 1 aliphatic rings. The van der Waals surface area contributed by atoms with Gasteiger partial charge in [-0.25, -0.2) is 0 Å². The maximum Gasteiger partial charge on any atom is 0.282 e. The van der Waals surface area contributed by atoms with E-state index in [1.807, 2.05) is 0 Å². The van der Waals surface area contributed by atoms with Crippen LogP contribution in [0, 0.1) is 10.1 Å². The molecule has 0 radical (unpaired) electrons. The second-order valence-corrected chi connectivity index (χ2v) is 4.21. The van der Waals surface area contributed by atoms with Crippen LogP contribution in [0.4, 0.5) is 11.4 Å². The number of nitrogens with two attached hydrogens (primary N) is 1. The predicted molar refractivity (Wildman–Crippen MR) is 69.8 cm³/mol. The first kappa shape index (κ1) is 13.7. The number of nitro benzene ring substituents is 1. The molecule has 9 nitrogen and oxygen atoms in total. The molecule has 106 valence electrons. The lowest BCUT2D eigenvalue weighted by Gasteiger charge is -2.26. The lowest BCUT2D eigenvalue weighted by Crippen LogP contribution is -2.50.